The molecule has 14 heteroatoms. The molecule has 10 nitrogen and oxygen atoms in total. The van der Waals surface area contributed by atoms with Gasteiger partial charge < -0.3 is 50.3 Å². The third-order valence-corrected chi connectivity index (χ3v) is 7.37. The molecule has 0 aromatic rings. The van der Waals surface area contributed by atoms with Crippen LogP contribution in [0.15, 0.2) is 0 Å². The van der Waals surface area contributed by atoms with Gasteiger partial charge >= 0.3 is 0 Å². The van der Waals surface area contributed by atoms with Gasteiger partial charge in [0.15, 0.2) is 0 Å². The van der Waals surface area contributed by atoms with Crippen molar-refractivity contribution in [2.75, 3.05) is 26.5 Å². The molecule has 192 valence electrons. The summed E-state index contributed by atoms with van der Waals surface area (Å²) in [4.78, 5) is 0. The lowest BCUT2D eigenvalue weighted by Gasteiger charge is -2.30. The zero-order valence-corrected chi connectivity index (χ0v) is 19.7. The van der Waals surface area contributed by atoms with E-state index in [1.807, 2.05) is 6.92 Å². The molecule has 3 rings (SSSR count). The normalized spacial score (nSPS) is 50.3. The van der Waals surface area contributed by atoms with Crippen molar-refractivity contribution in [3.63, 3.8) is 0 Å². The van der Waals surface area contributed by atoms with Crippen molar-refractivity contribution in [3.05, 3.63) is 0 Å². The van der Waals surface area contributed by atoms with E-state index >= 15 is 0 Å². The van der Waals surface area contributed by atoms with E-state index in [1.54, 1.807) is 13.8 Å². The third kappa shape index (κ3) is 6.16. The van der Waals surface area contributed by atoms with Crippen LogP contribution in [0.2, 0.25) is 5.82 Å². The first kappa shape index (κ1) is 31.8. The van der Waals surface area contributed by atoms with Crippen LogP contribution in [0.3, 0.4) is 0 Å². The molecule has 0 unspecified atom stereocenters. The summed E-state index contributed by atoms with van der Waals surface area (Å²) in [5, 5.41) is 73.1. The fourth-order valence-corrected chi connectivity index (χ4v) is 4.10. The van der Waals surface area contributed by atoms with Crippen LogP contribution >= 0.6 is 0 Å². The fraction of sp³-hybridized carbons (Fsp3) is 1.00. The van der Waals surface area contributed by atoms with Crippen molar-refractivity contribution < 1.29 is 54.7 Å². The van der Waals surface area contributed by atoms with Gasteiger partial charge in [-0.3, -0.25) is 0 Å². The van der Waals surface area contributed by atoms with Gasteiger partial charge in [0.25, 0.3) is 0 Å². The topological polar surface area (TPSA) is 180 Å². The Balaban J connectivity index is 0.000000256. The monoisotopic (exact) mass is 488 g/mol. The molecular weight excluding hydrogens is 452 g/mol. The van der Waals surface area contributed by atoms with Gasteiger partial charge in [0.2, 0.25) is 0 Å². The van der Waals surface area contributed by atoms with Crippen LogP contribution in [0.4, 0.5) is 4.39 Å². The van der Waals surface area contributed by atoms with Crippen molar-refractivity contribution in [2.24, 2.45) is 17.3 Å². The molecule has 6 radical (unpaired) electrons. The lowest BCUT2D eigenvalue weighted by molar-refractivity contribution is -0.0734. The van der Waals surface area contributed by atoms with Gasteiger partial charge in [-0.05, 0) is 11.7 Å². The highest BCUT2D eigenvalue weighted by Crippen LogP contribution is 2.48. The average Bonchev–Trinajstić information content (AvgIpc) is 3.28. The van der Waals surface area contributed by atoms with Gasteiger partial charge in [0, 0.05) is 17.3 Å². The maximum atomic E-state index is 12.2. The molecule has 0 bridgehead atoms. The van der Waals surface area contributed by atoms with E-state index in [1.165, 1.54) is 0 Å². The molecule has 3 fully saturated rings. The number of ether oxygens (including phenoxy) is 2. The number of aliphatic hydroxyl groups excluding tert-OH is 7. The lowest BCUT2D eigenvalue weighted by Crippen LogP contribution is -2.50. The molecule has 8 N–H and O–H groups in total. The number of aliphatic hydroxyl groups is 8. The summed E-state index contributed by atoms with van der Waals surface area (Å²) in [6.07, 6.45) is -5.46. The number of hydrogen-bond acceptors (Lipinski definition) is 10. The lowest BCUT2D eigenvalue weighted by atomic mass is 9.71. The number of alkyl halides is 1. The Morgan fingerprint density at radius 1 is 0.853 bits per heavy atom. The highest BCUT2D eigenvalue weighted by molar-refractivity contribution is 6.12. The molecule has 3 aliphatic rings. The molecule has 34 heavy (non-hydrogen) atoms. The third-order valence-electron chi connectivity index (χ3n) is 7.37. The Kier molecular flexibility index (Phi) is 12.0. The minimum Gasteiger partial charge on any atom is -0.396 e. The summed E-state index contributed by atoms with van der Waals surface area (Å²) in [5.74, 6) is -0.609. The van der Waals surface area contributed by atoms with E-state index in [-0.39, 0.29) is 25.0 Å². The standard InChI is InChI=1S/C8H15BO3.C6H10BFO4.C6H11BO3/c1-4-5(9)6(11)7(12)8(4,2)3-10;7-5-6(11,2-8)4(10)3(1-9)12-5;1-3-5(9)4(2-8)10-6(3)7/h4-7,10-12H,3H2,1-2H3;3-5,9-11H,1-2H2;3-6,8-9H,2H2,1H3/t4-,5-,6+,7+,8-;3-,4-,5-,6-;3-,4-,5+,6-/m111/s1. The zero-order chi connectivity index (χ0) is 26.6. The second-order valence-corrected chi connectivity index (χ2v) is 9.48. The molecule has 0 aromatic carbocycles. The Labute approximate surface area is 203 Å². The fourth-order valence-electron chi connectivity index (χ4n) is 4.10. The first-order chi connectivity index (χ1) is 15.7. The van der Waals surface area contributed by atoms with Crippen LogP contribution in [-0.2, 0) is 9.47 Å². The molecule has 1 saturated carbocycles. The quantitative estimate of drug-likeness (QED) is 0.183. The summed E-state index contributed by atoms with van der Waals surface area (Å²) in [7, 11) is 16.3. The first-order valence-electron chi connectivity index (χ1n) is 11.1. The Bertz CT molecular complexity index is 608. The van der Waals surface area contributed by atoms with E-state index in [9.17, 15) is 29.9 Å². The molecule has 0 amide bonds. The van der Waals surface area contributed by atoms with Crippen molar-refractivity contribution in [3.8, 4) is 0 Å². The predicted octanol–water partition coefficient (Wildman–Crippen LogP) is -3.88. The van der Waals surface area contributed by atoms with E-state index < -0.39 is 78.7 Å². The Morgan fingerprint density at radius 3 is 1.59 bits per heavy atom. The molecule has 0 aromatic heterocycles. The van der Waals surface area contributed by atoms with Gasteiger partial charge in [0.1, 0.15) is 46.3 Å². The highest BCUT2D eigenvalue weighted by Gasteiger charge is 2.53. The molecule has 0 spiro atoms. The average molecular weight is 488 g/mol. The van der Waals surface area contributed by atoms with Gasteiger partial charge in [-0.1, -0.05) is 20.8 Å². The maximum absolute atomic E-state index is 12.2. The summed E-state index contributed by atoms with van der Waals surface area (Å²) in [6, 6.07) is -1.73. The van der Waals surface area contributed by atoms with Crippen LogP contribution in [-0.4, -0.2) is 145 Å². The van der Waals surface area contributed by atoms with Crippen molar-refractivity contribution in [1.82, 2.24) is 0 Å². The second kappa shape index (κ2) is 12.8. The van der Waals surface area contributed by atoms with Crippen molar-refractivity contribution >= 4 is 23.5 Å². The number of rotatable bonds is 4. The minimum absolute atomic E-state index is 0.0764. The molecule has 2 heterocycles. The molecular formula is C20H36B3FO10. The van der Waals surface area contributed by atoms with Crippen molar-refractivity contribution in [1.29, 1.82) is 0 Å². The van der Waals surface area contributed by atoms with E-state index in [4.69, 9.17) is 48.3 Å². The smallest absolute Gasteiger partial charge is 0.139 e. The number of halogens is 1. The van der Waals surface area contributed by atoms with Crippen LogP contribution in [0.5, 0.6) is 0 Å². The molecule has 2 aliphatic heterocycles. The van der Waals surface area contributed by atoms with Gasteiger partial charge in [-0.25, -0.2) is 4.39 Å². The highest BCUT2D eigenvalue weighted by atomic mass is 19.1. The predicted molar refractivity (Wildman–Crippen MR) is 121 cm³/mol. The summed E-state index contributed by atoms with van der Waals surface area (Å²) in [6.45, 7) is 3.34. The molecule has 13 atom stereocenters. The summed E-state index contributed by atoms with van der Waals surface area (Å²) in [5.41, 5.74) is -2.76. The molecule has 2 saturated heterocycles. The maximum Gasteiger partial charge on any atom is 0.139 e. The Hall–Kier alpha value is -0.275. The second-order valence-electron chi connectivity index (χ2n) is 9.48. The first-order valence-corrected chi connectivity index (χ1v) is 11.1. The SMILES string of the molecule is [B][C@@H]1O[C@H](CO)[C@@H](O)[C@H]1C.[B][C@@H]1O[C@H](CO)[C@@H](O)[C@]1(O)CF.[B][C@H]1[C@H](O)[C@H](O)[C@](C)(CO)[C@@H]1C. The van der Waals surface area contributed by atoms with E-state index in [2.05, 4.69) is 0 Å². The van der Waals surface area contributed by atoms with E-state index in [0.29, 0.717) is 0 Å². The van der Waals surface area contributed by atoms with Crippen LogP contribution in [0.1, 0.15) is 20.8 Å². The van der Waals surface area contributed by atoms with Gasteiger partial charge in [-0.15, -0.1) is 0 Å². The molecule has 1 aliphatic carbocycles. The number of hydrogen-bond donors (Lipinski definition) is 8. The van der Waals surface area contributed by atoms with Gasteiger partial charge in [0.05, 0.1) is 52.0 Å². The Morgan fingerprint density at radius 2 is 1.38 bits per heavy atom. The minimum atomic E-state index is -2.09. The van der Waals surface area contributed by atoms with Crippen molar-refractivity contribution in [2.45, 2.75) is 80.8 Å². The van der Waals surface area contributed by atoms with Crippen LogP contribution in [0, 0.1) is 17.3 Å². The zero-order valence-electron chi connectivity index (χ0n) is 19.7. The summed E-state index contributed by atoms with van der Waals surface area (Å²) >= 11 is 0. The largest absolute Gasteiger partial charge is 0.396 e. The van der Waals surface area contributed by atoms with Crippen LogP contribution in [0.25, 0.3) is 0 Å². The summed E-state index contributed by atoms with van der Waals surface area (Å²) < 4.78 is 22.0. The van der Waals surface area contributed by atoms with Gasteiger partial charge in [-0.2, -0.15) is 0 Å². The van der Waals surface area contributed by atoms with E-state index in [0.717, 1.165) is 0 Å². The van der Waals surface area contributed by atoms with Crippen LogP contribution < -0.4 is 0 Å².